The number of nitrogens with two attached hydrogens (primary N) is 2. The summed E-state index contributed by atoms with van der Waals surface area (Å²) in [4.78, 5) is 9.95. The molecule has 0 unspecified atom stereocenters. The van der Waals surface area contributed by atoms with Crippen LogP contribution in [0.25, 0.3) is 0 Å². The van der Waals surface area contributed by atoms with Crippen LogP contribution >= 0.6 is 12.4 Å². The Morgan fingerprint density at radius 2 is 1.78 bits per heavy atom. The summed E-state index contributed by atoms with van der Waals surface area (Å²) in [7, 11) is 0. The third kappa shape index (κ3) is 7.92. The maximum absolute atomic E-state index is 12.1. The maximum atomic E-state index is 12.1. The molecule has 0 radical (unpaired) electrons. The van der Waals surface area contributed by atoms with Crippen molar-refractivity contribution in [2.24, 2.45) is 21.5 Å². The van der Waals surface area contributed by atoms with Crippen molar-refractivity contribution in [3.8, 4) is 5.75 Å². The molecule has 1 heterocycles. The van der Waals surface area contributed by atoms with Gasteiger partial charge in [0.05, 0.1) is 11.8 Å². The van der Waals surface area contributed by atoms with Crippen LogP contribution in [-0.4, -0.2) is 49.0 Å². The first-order chi connectivity index (χ1) is 12.3. The molecule has 0 aromatic heterocycles. The lowest BCUT2D eigenvalue weighted by molar-refractivity contribution is -0.274. The first-order valence-electron chi connectivity index (χ1n) is 8.17. The Morgan fingerprint density at radius 1 is 1.19 bits per heavy atom. The molecule has 7 nitrogen and oxygen atoms in total. The van der Waals surface area contributed by atoms with Crippen LogP contribution in [0.4, 0.5) is 18.9 Å². The minimum absolute atomic E-state index is 0. The summed E-state index contributed by atoms with van der Waals surface area (Å²) in [5, 5.41) is 0. The number of hydrogen-bond acceptors (Lipinski definition) is 3. The van der Waals surface area contributed by atoms with Crippen molar-refractivity contribution in [1.29, 1.82) is 0 Å². The maximum Gasteiger partial charge on any atom is 0.573 e. The first-order valence-corrected chi connectivity index (χ1v) is 8.17. The molecular weight excluding hydrogens is 387 g/mol. The van der Waals surface area contributed by atoms with Crippen molar-refractivity contribution in [2.45, 2.75) is 32.2 Å². The van der Waals surface area contributed by atoms with E-state index in [2.05, 4.69) is 14.7 Å². The Bertz CT molecular complexity index is 644. The lowest BCUT2D eigenvalue weighted by atomic mass is 10.1. The molecule has 1 saturated heterocycles. The Hall–Kier alpha value is -2.20. The van der Waals surface area contributed by atoms with E-state index in [1.165, 1.54) is 12.1 Å². The van der Waals surface area contributed by atoms with E-state index in [1.807, 2.05) is 11.8 Å². The second-order valence-electron chi connectivity index (χ2n) is 5.62. The number of rotatable bonds is 4. The summed E-state index contributed by atoms with van der Waals surface area (Å²) in [6.45, 7) is 4.05. The van der Waals surface area contributed by atoms with Crippen LogP contribution < -0.4 is 16.2 Å². The van der Waals surface area contributed by atoms with Gasteiger partial charge in [0.2, 0.25) is 5.96 Å². The van der Waals surface area contributed by atoms with Crippen LogP contribution in [0.15, 0.2) is 34.3 Å². The van der Waals surface area contributed by atoms with Crippen molar-refractivity contribution < 1.29 is 22.6 Å². The Balaban J connectivity index is 0.00000364. The number of hydrogen-bond donors (Lipinski definition) is 2. The molecule has 1 aliphatic rings. The highest BCUT2D eigenvalue weighted by Crippen LogP contribution is 2.24. The number of likely N-dealkylation sites (tertiary alicyclic amines) is 1. The average Bonchev–Trinajstić information content (AvgIpc) is 2.56. The van der Waals surface area contributed by atoms with Gasteiger partial charge in [0.25, 0.3) is 0 Å². The lowest BCUT2D eigenvalue weighted by Crippen LogP contribution is -2.45. The number of ether oxygens (including phenoxy) is 2. The number of guanidine groups is 2. The van der Waals surface area contributed by atoms with Crippen molar-refractivity contribution in [1.82, 2.24) is 4.90 Å². The molecule has 4 N–H and O–H groups in total. The second-order valence-corrected chi connectivity index (χ2v) is 5.62. The lowest BCUT2D eigenvalue weighted by Gasteiger charge is -2.32. The zero-order valence-corrected chi connectivity index (χ0v) is 15.6. The molecule has 0 amide bonds. The first kappa shape index (κ1) is 22.8. The van der Waals surface area contributed by atoms with Gasteiger partial charge in [-0.3, -0.25) is 0 Å². The third-order valence-electron chi connectivity index (χ3n) is 3.71. The van der Waals surface area contributed by atoms with Crippen molar-refractivity contribution in [3.63, 3.8) is 0 Å². The molecule has 2 rings (SSSR count). The number of benzene rings is 1. The Kier molecular flexibility index (Phi) is 8.64. The molecule has 0 spiro atoms. The minimum Gasteiger partial charge on any atom is -0.406 e. The standard InChI is InChI=1S/C16H22F3N5O2.ClH/c1-2-25-12-7-9-24(10-8-12)15(21)23-14(20)22-11-3-5-13(6-4-11)26-16(17,18)19;/h3-6,12H,2,7-10H2,1H3,(H4,20,21,22,23);1H. The summed E-state index contributed by atoms with van der Waals surface area (Å²) in [5.74, 6) is -0.174. The molecule has 0 atom stereocenters. The van der Waals surface area contributed by atoms with Gasteiger partial charge in [-0.15, -0.1) is 25.6 Å². The van der Waals surface area contributed by atoms with Gasteiger partial charge in [0.1, 0.15) is 5.75 Å². The topological polar surface area (TPSA) is 98.5 Å². The highest BCUT2D eigenvalue weighted by molar-refractivity contribution is 5.94. The van der Waals surface area contributed by atoms with Crippen LogP contribution in [0.3, 0.4) is 0 Å². The summed E-state index contributed by atoms with van der Waals surface area (Å²) < 4.78 is 45.7. The van der Waals surface area contributed by atoms with E-state index in [1.54, 1.807) is 0 Å². The fraction of sp³-hybridized carbons (Fsp3) is 0.500. The molecule has 152 valence electrons. The summed E-state index contributed by atoms with van der Waals surface area (Å²) >= 11 is 0. The van der Waals surface area contributed by atoms with Crippen molar-refractivity contribution in [2.75, 3.05) is 19.7 Å². The fourth-order valence-corrected chi connectivity index (χ4v) is 2.55. The van der Waals surface area contributed by atoms with E-state index in [0.717, 1.165) is 25.0 Å². The summed E-state index contributed by atoms with van der Waals surface area (Å²) in [5.41, 5.74) is 12.0. The zero-order chi connectivity index (χ0) is 19.2. The number of alkyl halides is 3. The van der Waals surface area contributed by atoms with E-state index in [9.17, 15) is 13.2 Å². The highest BCUT2D eigenvalue weighted by atomic mass is 35.5. The van der Waals surface area contributed by atoms with Gasteiger partial charge in [-0.1, -0.05) is 0 Å². The SMILES string of the molecule is CCOC1CCN(C(N)=NC(N)=Nc2ccc(OC(F)(F)F)cc2)CC1.Cl. The van der Waals surface area contributed by atoms with Crippen LogP contribution in [0.1, 0.15) is 19.8 Å². The normalized spacial score (nSPS) is 16.8. The van der Waals surface area contributed by atoms with Crippen LogP contribution in [0, 0.1) is 0 Å². The van der Waals surface area contributed by atoms with Gasteiger partial charge in [0, 0.05) is 19.7 Å². The summed E-state index contributed by atoms with van der Waals surface area (Å²) in [6, 6.07) is 4.97. The van der Waals surface area contributed by atoms with Gasteiger partial charge in [-0.25, -0.2) is 4.99 Å². The molecule has 11 heteroatoms. The monoisotopic (exact) mass is 409 g/mol. The molecule has 0 saturated carbocycles. The Labute approximate surface area is 161 Å². The molecular formula is C16H23ClF3N5O2. The molecule has 0 aliphatic carbocycles. The van der Waals surface area contributed by atoms with Gasteiger partial charge >= 0.3 is 6.36 Å². The molecule has 0 bridgehead atoms. The van der Waals surface area contributed by atoms with Crippen LogP contribution in [0.5, 0.6) is 5.75 Å². The quantitative estimate of drug-likeness (QED) is 0.588. The Morgan fingerprint density at radius 3 is 2.30 bits per heavy atom. The predicted molar refractivity (Wildman–Crippen MR) is 99.5 cm³/mol. The van der Waals surface area contributed by atoms with Gasteiger partial charge in [-0.2, -0.15) is 4.99 Å². The van der Waals surface area contributed by atoms with Gasteiger partial charge in [-0.05, 0) is 44.0 Å². The molecule has 1 fully saturated rings. The van der Waals surface area contributed by atoms with E-state index in [-0.39, 0.29) is 36.2 Å². The predicted octanol–water partition coefficient (Wildman–Crippen LogP) is 2.77. The fourth-order valence-electron chi connectivity index (χ4n) is 2.55. The smallest absolute Gasteiger partial charge is 0.406 e. The third-order valence-corrected chi connectivity index (χ3v) is 3.71. The van der Waals surface area contributed by atoms with E-state index in [0.29, 0.717) is 25.4 Å². The number of halogens is 4. The number of aliphatic imine (C=N–C) groups is 2. The molecule has 27 heavy (non-hydrogen) atoms. The highest BCUT2D eigenvalue weighted by Gasteiger charge is 2.30. The molecule has 1 aromatic carbocycles. The molecule has 1 aliphatic heterocycles. The van der Waals surface area contributed by atoms with Gasteiger partial charge in [0.15, 0.2) is 5.96 Å². The molecule has 1 aromatic rings. The van der Waals surface area contributed by atoms with E-state index < -0.39 is 6.36 Å². The van der Waals surface area contributed by atoms with E-state index >= 15 is 0 Å². The second kappa shape index (κ2) is 10.2. The largest absolute Gasteiger partial charge is 0.573 e. The zero-order valence-electron chi connectivity index (χ0n) is 14.8. The minimum atomic E-state index is -4.74. The van der Waals surface area contributed by atoms with Crippen LogP contribution in [-0.2, 0) is 4.74 Å². The van der Waals surface area contributed by atoms with Gasteiger partial charge < -0.3 is 25.8 Å². The summed E-state index contributed by atoms with van der Waals surface area (Å²) in [6.07, 6.45) is -2.81. The van der Waals surface area contributed by atoms with Crippen molar-refractivity contribution >= 4 is 30.0 Å². The van der Waals surface area contributed by atoms with Crippen LogP contribution in [0.2, 0.25) is 0 Å². The van der Waals surface area contributed by atoms with E-state index in [4.69, 9.17) is 16.2 Å². The van der Waals surface area contributed by atoms with Crippen molar-refractivity contribution in [3.05, 3.63) is 24.3 Å². The number of nitrogens with zero attached hydrogens (tertiary/aromatic N) is 3. The number of piperidine rings is 1. The average molecular weight is 410 g/mol.